The lowest BCUT2D eigenvalue weighted by Gasteiger charge is -2.23. The predicted molar refractivity (Wildman–Crippen MR) is 150 cm³/mol. The fourth-order valence-electron chi connectivity index (χ4n) is 4.78. The number of ether oxygens (including phenoxy) is 2. The Morgan fingerprint density at radius 1 is 1.15 bits per heavy atom. The van der Waals surface area contributed by atoms with Crippen LogP contribution in [-0.4, -0.2) is 49.0 Å². The van der Waals surface area contributed by atoms with E-state index in [0.29, 0.717) is 24.9 Å². The van der Waals surface area contributed by atoms with E-state index in [1.54, 1.807) is 18.6 Å². The number of benzene rings is 1. The third-order valence-corrected chi connectivity index (χ3v) is 6.72. The van der Waals surface area contributed by atoms with Gasteiger partial charge in [0.1, 0.15) is 23.0 Å². The van der Waals surface area contributed by atoms with E-state index in [1.807, 2.05) is 50.6 Å². The summed E-state index contributed by atoms with van der Waals surface area (Å²) in [5.41, 5.74) is 3.39. The number of rotatable bonds is 8. The van der Waals surface area contributed by atoms with Crippen molar-refractivity contribution in [1.29, 1.82) is 0 Å². The van der Waals surface area contributed by atoms with E-state index in [-0.39, 0.29) is 12.4 Å². The number of aromatic nitrogens is 5. The highest BCUT2D eigenvalue weighted by atomic mass is 16.6. The van der Waals surface area contributed by atoms with Crippen LogP contribution in [0.4, 0.5) is 5.82 Å². The molecule has 1 aromatic carbocycles. The molecule has 9 nitrogen and oxygen atoms in total. The van der Waals surface area contributed by atoms with E-state index in [4.69, 9.17) is 14.5 Å². The van der Waals surface area contributed by atoms with Gasteiger partial charge in [-0.3, -0.25) is 9.48 Å². The molecule has 2 unspecified atom stereocenters. The van der Waals surface area contributed by atoms with Crippen molar-refractivity contribution in [2.45, 2.75) is 78.0 Å². The molecule has 0 saturated carbocycles. The predicted octanol–water partition coefficient (Wildman–Crippen LogP) is 5.22. The molecular weight excluding hydrogens is 492 g/mol. The van der Waals surface area contributed by atoms with Crippen molar-refractivity contribution in [3.05, 3.63) is 71.6 Å². The molecule has 0 bridgehead atoms. The highest BCUT2D eigenvalue weighted by molar-refractivity contribution is 5.81. The molecule has 1 N–H and O–H groups in total. The van der Waals surface area contributed by atoms with Gasteiger partial charge in [0.15, 0.2) is 0 Å². The fraction of sp³-hybridized carbons (Fsp3) is 0.433. The molecule has 0 amide bonds. The normalized spacial score (nSPS) is 15.9. The zero-order valence-electron chi connectivity index (χ0n) is 23.3. The number of carbonyl (C=O) groups is 1. The van der Waals surface area contributed by atoms with E-state index in [9.17, 15) is 4.79 Å². The zero-order valence-corrected chi connectivity index (χ0v) is 23.3. The van der Waals surface area contributed by atoms with Gasteiger partial charge in [0.05, 0.1) is 30.8 Å². The molecule has 1 aliphatic rings. The van der Waals surface area contributed by atoms with Crippen molar-refractivity contribution in [2.75, 3.05) is 11.9 Å². The molecular formula is C30H36N6O3. The van der Waals surface area contributed by atoms with E-state index in [2.05, 4.69) is 39.4 Å². The van der Waals surface area contributed by atoms with Crippen molar-refractivity contribution < 1.29 is 14.3 Å². The van der Waals surface area contributed by atoms with Gasteiger partial charge in [-0.2, -0.15) is 5.10 Å². The zero-order chi connectivity index (χ0) is 27.6. The summed E-state index contributed by atoms with van der Waals surface area (Å²) in [7, 11) is 0. The number of esters is 1. The van der Waals surface area contributed by atoms with Crippen molar-refractivity contribution >= 4 is 22.7 Å². The van der Waals surface area contributed by atoms with Crippen molar-refractivity contribution in [1.82, 2.24) is 24.7 Å². The van der Waals surface area contributed by atoms with Gasteiger partial charge in [-0.1, -0.05) is 6.07 Å². The minimum absolute atomic E-state index is 0.111. The number of pyridine rings is 1. The first kappa shape index (κ1) is 26.6. The van der Waals surface area contributed by atoms with Gasteiger partial charge in [0.2, 0.25) is 0 Å². The monoisotopic (exact) mass is 528 g/mol. The summed E-state index contributed by atoms with van der Waals surface area (Å²) in [5.74, 6) is 2.12. The van der Waals surface area contributed by atoms with Gasteiger partial charge < -0.3 is 14.8 Å². The molecule has 9 heteroatoms. The Bertz CT molecular complexity index is 1460. The summed E-state index contributed by atoms with van der Waals surface area (Å²) in [4.78, 5) is 26.3. The molecule has 0 spiro atoms. The average Bonchev–Trinajstić information content (AvgIpc) is 3.30. The van der Waals surface area contributed by atoms with Crippen LogP contribution in [0, 0.1) is 6.92 Å². The van der Waals surface area contributed by atoms with Crippen LogP contribution in [0.5, 0.6) is 5.75 Å². The molecule has 5 rings (SSSR count). The van der Waals surface area contributed by atoms with Crippen molar-refractivity contribution in [3.8, 4) is 5.75 Å². The lowest BCUT2D eigenvalue weighted by atomic mass is 10.0. The first-order valence-corrected chi connectivity index (χ1v) is 13.5. The SMILES string of the molecule is Cc1ncc(C(CC(=O)OC(C)(C)C)n2ncc3cc(OCCc4ccc5c(n4)NC(C)CC5)ccc32)cn1. The maximum Gasteiger partial charge on any atom is 0.308 e. The molecule has 1 aliphatic heterocycles. The number of carbonyl (C=O) groups excluding carboxylic acids is 1. The summed E-state index contributed by atoms with van der Waals surface area (Å²) in [6, 6.07) is 10.2. The second-order valence-electron chi connectivity index (χ2n) is 11.2. The number of anilines is 1. The van der Waals surface area contributed by atoms with Crippen LogP contribution in [0.2, 0.25) is 0 Å². The largest absolute Gasteiger partial charge is 0.493 e. The summed E-state index contributed by atoms with van der Waals surface area (Å²) in [6.45, 7) is 10.1. The number of aryl methyl sites for hydroxylation is 2. The molecule has 0 radical (unpaired) electrons. The Kier molecular flexibility index (Phi) is 7.50. The molecule has 0 saturated heterocycles. The van der Waals surface area contributed by atoms with Crippen molar-refractivity contribution in [2.24, 2.45) is 0 Å². The van der Waals surface area contributed by atoms with E-state index in [0.717, 1.165) is 46.6 Å². The van der Waals surface area contributed by atoms with Crippen LogP contribution < -0.4 is 10.1 Å². The van der Waals surface area contributed by atoms with Gasteiger partial charge >= 0.3 is 5.97 Å². The Labute approximate surface area is 229 Å². The highest BCUT2D eigenvalue weighted by Crippen LogP contribution is 2.29. The van der Waals surface area contributed by atoms with Gasteiger partial charge in [-0.15, -0.1) is 0 Å². The summed E-state index contributed by atoms with van der Waals surface area (Å²) >= 11 is 0. The molecule has 4 aromatic rings. The maximum absolute atomic E-state index is 12.8. The number of hydrogen-bond acceptors (Lipinski definition) is 8. The van der Waals surface area contributed by atoms with Gasteiger partial charge in [0.25, 0.3) is 0 Å². The molecule has 204 valence electrons. The lowest BCUT2D eigenvalue weighted by Crippen LogP contribution is -2.26. The maximum atomic E-state index is 12.8. The molecule has 3 aromatic heterocycles. The fourth-order valence-corrected chi connectivity index (χ4v) is 4.78. The van der Waals surface area contributed by atoms with Crippen LogP contribution in [0.3, 0.4) is 0 Å². The molecule has 0 aliphatic carbocycles. The Hall–Kier alpha value is -4.01. The Balaban J connectivity index is 1.31. The van der Waals surface area contributed by atoms with Crippen LogP contribution >= 0.6 is 0 Å². The smallest absolute Gasteiger partial charge is 0.308 e. The van der Waals surface area contributed by atoms with Crippen LogP contribution in [0.15, 0.2) is 48.9 Å². The third kappa shape index (κ3) is 6.53. The third-order valence-electron chi connectivity index (χ3n) is 6.72. The van der Waals surface area contributed by atoms with E-state index in [1.165, 1.54) is 5.56 Å². The number of hydrogen-bond donors (Lipinski definition) is 1. The number of fused-ring (bicyclic) bond motifs is 2. The van der Waals surface area contributed by atoms with Crippen molar-refractivity contribution in [3.63, 3.8) is 0 Å². The highest BCUT2D eigenvalue weighted by Gasteiger charge is 2.25. The molecule has 39 heavy (non-hydrogen) atoms. The standard InChI is InChI=1S/C30H36N6O3/c1-19-6-7-21-8-9-24(35-29(21)34-19)12-13-38-25-10-11-26-22(14-25)18-33-36(26)27(15-28(37)39-30(3,4)5)23-16-31-20(2)32-17-23/h8-11,14,16-19,27H,6-7,12-13,15H2,1-5H3,(H,34,35). The first-order chi connectivity index (χ1) is 18.6. The Morgan fingerprint density at radius 2 is 1.95 bits per heavy atom. The molecule has 4 heterocycles. The average molecular weight is 529 g/mol. The van der Waals surface area contributed by atoms with Gasteiger partial charge in [0, 0.05) is 41.5 Å². The summed E-state index contributed by atoms with van der Waals surface area (Å²) in [5, 5.41) is 9.04. The van der Waals surface area contributed by atoms with Gasteiger partial charge in [-0.25, -0.2) is 15.0 Å². The lowest BCUT2D eigenvalue weighted by molar-refractivity contribution is -0.155. The second kappa shape index (κ2) is 11.0. The first-order valence-electron chi connectivity index (χ1n) is 13.5. The quantitative estimate of drug-likeness (QED) is 0.311. The van der Waals surface area contributed by atoms with E-state index < -0.39 is 11.6 Å². The second-order valence-corrected chi connectivity index (χ2v) is 11.2. The van der Waals surface area contributed by atoms with E-state index >= 15 is 0 Å². The summed E-state index contributed by atoms with van der Waals surface area (Å²) < 4.78 is 13.5. The molecule has 2 atom stereocenters. The molecule has 0 fully saturated rings. The van der Waals surface area contributed by atoms with Crippen LogP contribution in [0.1, 0.15) is 69.2 Å². The summed E-state index contributed by atoms with van der Waals surface area (Å²) in [6.07, 6.45) is 8.30. The van der Waals surface area contributed by atoms with Crippen LogP contribution in [-0.2, 0) is 22.4 Å². The van der Waals surface area contributed by atoms with Gasteiger partial charge in [-0.05, 0) is 77.3 Å². The number of nitrogens with zero attached hydrogens (tertiary/aromatic N) is 5. The topological polar surface area (TPSA) is 104 Å². The minimum atomic E-state index is -0.576. The number of nitrogens with one attached hydrogen (secondary N) is 1. The van der Waals surface area contributed by atoms with Crippen LogP contribution in [0.25, 0.3) is 10.9 Å². The minimum Gasteiger partial charge on any atom is -0.493 e. The Morgan fingerprint density at radius 3 is 2.72 bits per heavy atom.